The van der Waals surface area contributed by atoms with Gasteiger partial charge in [0.1, 0.15) is 30.0 Å². The highest BCUT2D eigenvalue weighted by Crippen LogP contribution is 2.33. The summed E-state index contributed by atoms with van der Waals surface area (Å²) >= 11 is 0. The molecule has 1 aromatic carbocycles. The second-order valence-corrected chi connectivity index (χ2v) is 10.6. The number of nitrogens with one attached hydrogen (secondary N) is 2. The van der Waals surface area contributed by atoms with Crippen molar-refractivity contribution in [2.24, 2.45) is 5.92 Å². The van der Waals surface area contributed by atoms with Gasteiger partial charge >= 0.3 is 6.09 Å². The van der Waals surface area contributed by atoms with E-state index in [2.05, 4.69) is 10.6 Å². The van der Waals surface area contributed by atoms with E-state index in [1.807, 2.05) is 6.07 Å². The summed E-state index contributed by atoms with van der Waals surface area (Å²) in [6.07, 6.45) is -0.787. The van der Waals surface area contributed by atoms with Gasteiger partial charge < -0.3 is 25.4 Å². The molecule has 0 heterocycles. The van der Waals surface area contributed by atoms with Crippen molar-refractivity contribution >= 4 is 17.9 Å². The molecular weight excluding hydrogens is 436 g/mol. The minimum atomic E-state index is -1.30. The monoisotopic (exact) mass is 474 g/mol. The molecule has 188 valence electrons. The smallest absolute Gasteiger partial charge is 0.408 e. The van der Waals surface area contributed by atoms with Crippen molar-refractivity contribution in [3.05, 3.63) is 29.3 Å². The van der Waals surface area contributed by atoms with E-state index >= 15 is 0 Å². The lowest BCUT2D eigenvalue weighted by molar-refractivity contribution is -0.143. The van der Waals surface area contributed by atoms with Crippen LogP contribution in [0.4, 0.5) is 4.79 Å². The highest BCUT2D eigenvalue weighted by molar-refractivity contribution is 5.93. The maximum absolute atomic E-state index is 13.7. The topological polar surface area (TPSA) is 132 Å². The molecule has 0 aliphatic heterocycles. The molecule has 34 heavy (non-hydrogen) atoms. The van der Waals surface area contributed by atoms with Gasteiger partial charge in [-0.2, -0.15) is 5.26 Å². The largest absolute Gasteiger partial charge is 0.507 e. The molecule has 1 aromatic rings. The predicted molar refractivity (Wildman–Crippen MR) is 129 cm³/mol. The number of hydrogen-bond acceptors (Lipinski definition) is 6. The van der Waals surface area contributed by atoms with Crippen LogP contribution in [0.3, 0.4) is 0 Å². The first-order chi connectivity index (χ1) is 15.5. The number of aromatic hydroxyl groups is 1. The molecule has 0 radical (unpaired) electrons. The quantitative estimate of drug-likeness (QED) is 0.518. The molecule has 2 atom stereocenters. The highest BCUT2D eigenvalue weighted by atomic mass is 16.6. The molecule has 0 spiro atoms. The number of rotatable bonds is 7. The van der Waals surface area contributed by atoms with Crippen molar-refractivity contribution in [3.8, 4) is 11.8 Å². The van der Waals surface area contributed by atoms with Crippen LogP contribution in [-0.4, -0.2) is 51.6 Å². The lowest BCUT2D eigenvalue weighted by Gasteiger charge is -2.35. The number of para-hydroxylation sites is 1. The molecule has 3 N–H and O–H groups in total. The number of carbonyl (C=O) groups excluding carboxylic acids is 3. The summed E-state index contributed by atoms with van der Waals surface area (Å²) in [7, 11) is 0. The zero-order valence-electron chi connectivity index (χ0n) is 21.6. The fraction of sp³-hybridized carbons (Fsp3) is 0.600. The number of carbonyl (C=O) groups is 3. The summed E-state index contributed by atoms with van der Waals surface area (Å²) < 4.78 is 5.30. The highest BCUT2D eigenvalue weighted by Gasteiger charge is 2.39. The van der Waals surface area contributed by atoms with Crippen molar-refractivity contribution in [2.45, 2.75) is 85.5 Å². The van der Waals surface area contributed by atoms with Crippen LogP contribution in [0.5, 0.6) is 5.75 Å². The number of nitrogens with zero attached hydrogens (tertiary/aromatic N) is 2. The number of alkyl carbamates (subject to hydrolysis) is 1. The van der Waals surface area contributed by atoms with E-state index in [0.717, 1.165) is 4.90 Å². The van der Waals surface area contributed by atoms with Gasteiger partial charge in [0.05, 0.1) is 6.07 Å². The van der Waals surface area contributed by atoms with Gasteiger partial charge in [-0.25, -0.2) is 4.79 Å². The van der Waals surface area contributed by atoms with E-state index in [9.17, 15) is 24.8 Å². The number of hydrogen-bond donors (Lipinski definition) is 3. The summed E-state index contributed by atoms with van der Waals surface area (Å²) in [5.74, 6) is -1.72. The Kier molecular flexibility index (Phi) is 9.50. The number of nitriles is 1. The van der Waals surface area contributed by atoms with E-state index < -0.39 is 47.7 Å². The van der Waals surface area contributed by atoms with Crippen LogP contribution in [0.15, 0.2) is 18.2 Å². The molecular formula is C25H38N4O5. The Labute approximate surface area is 202 Å². The second-order valence-electron chi connectivity index (χ2n) is 10.6. The molecule has 3 amide bonds. The van der Waals surface area contributed by atoms with Crippen LogP contribution in [0.2, 0.25) is 0 Å². The first kappa shape index (κ1) is 28.8. The number of phenols is 1. The van der Waals surface area contributed by atoms with E-state index in [1.54, 1.807) is 80.5 Å². The molecule has 2 unspecified atom stereocenters. The van der Waals surface area contributed by atoms with Crippen molar-refractivity contribution in [1.29, 1.82) is 5.26 Å². The van der Waals surface area contributed by atoms with Gasteiger partial charge in [0, 0.05) is 11.1 Å². The van der Waals surface area contributed by atoms with Gasteiger partial charge in [0.25, 0.3) is 0 Å². The Hall–Kier alpha value is -3.28. The van der Waals surface area contributed by atoms with Crippen molar-refractivity contribution in [2.75, 3.05) is 6.54 Å². The van der Waals surface area contributed by atoms with Gasteiger partial charge in [-0.15, -0.1) is 0 Å². The zero-order valence-corrected chi connectivity index (χ0v) is 21.6. The molecule has 0 fully saturated rings. The average Bonchev–Trinajstić information content (AvgIpc) is 2.65. The first-order valence-electron chi connectivity index (χ1n) is 11.3. The molecule has 1 rings (SSSR count). The Bertz CT molecular complexity index is 938. The number of ether oxygens (including phenoxy) is 1. The summed E-state index contributed by atoms with van der Waals surface area (Å²) in [6, 6.07) is 4.45. The minimum absolute atomic E-state index is 0.145. The number of phenolic OH excluding ortho intramolecular Hbond substituents is 1. The van der Waals surface area contributed by atoms with Crippen LogP contribution >= 0.6 is 0 Å². The maximum atomic E-state index is 13.7. The van der Waals surface area contributed by atoms with Gasteiger partial charge in [-0.05, 0) is 59.9 Å². The van der Waals surface area contributed by atoms with E-state index in [-0.39, 0.29) is 17.2 Å². The SMILES string of the molecule is Cc1cccc(C(C(=O)NC(C)(C)C)N(CC#N)C(=O)C(NC(=O)OC(C)(C)C)C(C)C)c1O. The summed E-state index contributed by atoms with van der Waals surface area (Å²) in [4.78, 5) is 40.6. The Balaban J connectivity index is 3.55. The lowest BCUT2D eigenvalue weighted by Crippen LogP contribution is -2.56. The molecule has 0 aliphatic carbocycles. The number of benzene rings is 1. The third-order valence-electron chi connectivity index (χ3n) is 4.75. The van der Waals surface area contributed by atoms with Crippen LogP contribution in [0.1, 0.15) is 72.6 Å². The summed E-state index contributed by atoms with van der Waals surface area (Å²) in [5.41, 5.74) is -0.709. The van der Waals surface area contributed by atoms with Crippen LogP contribution < -0.4 is 10.6 Å². The van der Waals surface area contributed by atoms with Crippen molar-refractivity contribution in [3.63, 3.8) is 0 Å². The maximum Gasteiger partial charge on any atom is 0.408 e. The number of aryl methyl sites for hydroxylation is 1. The van der Waals surface area contributed by atoms with Gasteiger partial charge in [0.2, 0.25) is 11.8 Å². The molecule has 0 saturated heterocycles. The fourth-order valence-corrected chi connectivity index (χ4v) is 3.29. The number of amides is 3. The summed E-state index contributed by atoms with van der Waals surface area (Å²) in [5, 5.41) is 25.7. The Morgan fingerprint density at radius 3 is 2.21 bits per heavy atom. The standard InChI is InChI=1S/C25H38N4O5/c1-15(2)18(27-23(33)34-25(7,8)9)22(32)29(14-13-26)19(21(31)28-24(4,5)6)17-12-10-11-16(3)20(17)30/h10-12,15,18-19,30H,14H2,1-9H3,(H,27,33)(H,28,31). The normalized spacial score (nSPS) is 13.4. The van der Waals surface area contributed by atoms with Gasteiger partial charge in [-0.3, -0.25) is 9.59 Å². The average molecular weight is 475 g/mol. The van der Waals surface area contributed by atoms with Gasteiger partial charge in [-0.1, -0.05) is 32.0 Å². The molecule has 9 heteroatoms. The van der Waals surface area contributed by atoms with Crippen LogP contribution in [0, 0.1) is 24.2 Å². The molecule has 0 aliphatic rings. The van der Waals surface area contributed by atoms with Crippen molar-refractivity contribution in [1.82, 2.24) is 15.5 Å². The summed E-state index contributed by atoms with van der Waals surface area (Å²) in [6.45, 7) is 15.2. The predicted octanol–water partition coefficient (Wildman–Crippen LogP) is 3.56. The zero-order chi connectivity index (χ0) is 26.4. The van der Waals surface area contributed by atoms with Crippen LogP contribution in [0.25, 0.3) is 0 Å². The van der Waals surface area contributed by atoms with E-state index in [0.29, 0.717) is 5.56 Å². The fourth-order valence-electron chi connectivity index (χ4n) is 3.29. The Morgan fingerprint density at radius 1 is 1.15 bits per heavy atom. The van der Waals surface area contributed by atoms with Crippen molar-refractivity contribution < 1.29 is 24.2 Å². The van der Waals surface area contributed by atoms with E-state index in [1.165, 1.54) is 0 Å². The van der Waals surface area contributed by atoms with Crippen LogP contribution in [-0.2, 0) is 14.3 Å². The lowest BCUT2D eigenvalue weighted by atomic mass is 9.96. The van der Waals surface area contributed by atoms with E-state index in [4.69, 9.17) is 4.74 Å². The molecule has 0 aromatic heterocycles. The molecule has 9 nitrogen and oxygen atoms in total. The van der Waals surface area contributed by atoms with Gasteiger partial charge in [0.15, 0.2) is 0 Å². The second kappa shape index (κ2) is 11.2. The first-order valence-corrected chi connectivity index (χ1v) is 11.3. The molecule has 0 saturated carbocycles. The Morgan fingerprint density at radius 2 is 1.74 bits per heavy atom. The third-order valence-corrected chi connectivity index (χ3v) is 4.75. The molecule has 0 bridgehead atoms. The third kappa shape index (κ3) is 8.25. The minimum Gasteiger partial charge on any atom is -0.507 e.